The van der Waals surface area contributed by atoms with E-state index in [-0.39, 0.29) is 54.7 Å². The second-order valence-electron chi connectivity index (χ2n) is 18.0. The molecule has 374 valence electrons. The molecule has 0 unspecified atom stereocenters. The van der Waals surface area contributed by atoms with Gasteiger partial charge >= 0.3 is 17.9 Å². The van der Waals surface area contributed by atoms with E-state index in [2.05, 4.69) is 40.3 Å². The van der Waals surface area contributed by atoms with Crippen LogP contribution in [0, 0.1) is 53.3 Å². The Morgan fingerprint density at radius 2 is 0.841 bits per heavy atom. The average molecular weight is 947 g/mol. The minimum atomic E-state index is -0.829. The Labute approximate surface area is 413 Å². The number of carbonyl (C=O) groups excluding carboxylic acids is 2. The number of carbonyl (C=O) groups is 3. The number of aliphatic hydroxyl groups excluding tert-OH is 1. The molecular weight excluding hydrogens is 869 g/mol. The van der Waals surface area contributed by atoms with E-state index in [1.807, 2.05) is 48.5 Å². The molecule has 0 spiro atoms. The van der Waals surface area contributed by atoms with E-state index in [1.165, 1.54) is 91.3 Å². The summed E-state index contributed by atoms with van der Waals surface area (Å²) in [4.78, 5) is 33.6. The zero-order valence-corrected chi connectivity index (χ0v) is 41.9. The standard InChI is InChI=1S/C20H26O3.C19H24O3.C13H14O3.C7H14O/c1-3-6-18(15-20(21)22-2)17-9-11-19(12-10-17)23-14-13-16-7-4-5-8-16;1-2-5-17(14-19(20)21)16-8-10-18(11-9-16)22-13-12-15-6-3-4-7-15;1-3-4-11(9-13(15)16-2)10-5-7-12(14)8-6-10;8-6-5-7-3-1-2-4-7/h9-12,16,18H,4-5,7-8,13-15H2,1-2H3;8-11,15,17H,3-4,6-7,12-14H2,1H3,(H,20,21);5-8,11,14H,9H2,1-2H3;7-8H,1-6H2/t18-;17-;11-;/m000./s1. The normalized spacial score (nSPS) is 15.4. The number of hydrogen-bond acceptors (Lipinski definition) is 9. The topological polar surface area (TPSA) is 149 Å². The highest BCUT2D eigenvalue weighted by atomic mass is 16.5. The Morgan fingerprint density at radius 3 is 1.14 bits per heavy atom. The number of aliphatic hydroxyl groups is 1. The van der Waals surface area contributed by atoms with Gasteiger partial charge in [0, 0.05) is 6.61 Å². The largest absolute Gasteiger partial charge is 0.508 e. The number of hydrogen-bond donors (Lipinski definition) is 3. The predicted octanol–water partition coefficient (Wildman–Crippen LogP) is 12.2. The molecule has 0 aliphatic heterocycles. The van der Waals surface area contributed by atoms with Gasteiger partial charge in [-0.25, -0.2) is 0 Å². The first-order valence-corrected chi connectivity index (χ1v) is 25.0. The fourth-order valence-electron chi connectivity index (χ4n) is 9.02. The van der Waals surface area contributed by atoms with Crippen molar-refractivity contribution in [2.75, 3.05) is 34.0 Å². The van der Waals surface area contributed by atoms with Gasteiger partial charge in [-0.1, -0.05) is 131 Å². The minimum Gasteiger partial charge on any atom is -0.508 e. The summed E-state index contributed by atoms with van der Waals surface area (Å²) in [6, 6.07) is 22.2. The van der Waals surface area contributed by atoms with Crippen molar-refractivity contribution in [3.8, 4) is 52.8 Å². The van der Waals surface area contributed by atoms with Crippen molar-refractivity contribution in [2.24, 2.45) is 17.8 Å². The number of rotatable bonds is 19. The first-order valence-electron chi connectivity index (χ1n) is 25.0. The van der Waals surface area contributed by atoms with E-state index in [1.54, 1.807) is 45.0 Å². The van der Waals surface area contributed by atoms with E-state index >= 15 is 0 Å². The van der Waals surface area contributed by atoms with E-state index in [0.29, 0.717) is 6.61 Å². The Hall–Kier alpha value is -5.89. The summed E-state index contributed by atoms with van der Waals surface area (Å²) in [6.45, 7) is 7.18. The van der Waals surface area contributed by atoms with E-state index < -0.39 is 5.97 Å². The van der Waals surface area contributed by atoms with Crippen molar-refractivity contribution in [1.29, 1.82) is 0 Å². The van der Waals surface area contributed by atoms with Crippen LogP contribution in [-0.2, 0) is 23.9 Å². The first kappa shape index (κ1) is 57.4. The molecule has 3 aromatic rings. The number of esters is 2. The van der Waals surface area contributed by atoms with Crippen LogP contribution in [0.1, 0.15) is 171 Å². The SMILES string of the molecule is CC#C[C@@H](CC(=O)O)c1ccc(OCCC2CCCC2)cc1.CC#C[C@@H](CC(=O)OC)c1ccc(O)cc1.CC#C[C@@H](CC(=O)OC)c1ccc(OCCC2CCCC2)cc1.OCCC1CCCC1. The van der Waals surface area contributed by atoms with Crippen molar-refractivity contribution < 1.29 is 48.7 Å². The van der Waals surface area contributed by atoms with Crippen LogP contribution >= 0.6 is 0 Å². The molecule has 0 saturated heterocycles. The summed E-state index contributed by atoms with van der Waals surface area (Å²) in [5.74, 6) is 20.0. The van der Waals surface area contributed by atoms with Gasteiger partial charge in [-0.15, -0.1) is 17.8 Å². The third-order valence-corrected chi connectivity index (χ3v) is 12.9. The molecule has 10 nitrogen and oxygen atoms in total. The summed E-state index contributed by atoms with van der Waals surface area (Å²) < 4.78 is 21.0. The van der Waals surface area contributed by atoms with E-state index in [0.717, 1.165) is 78.4 Å². The van der Waals surface area contributed by atoms with Crippen LogP contribution in [-0.4, -0.2) is 67.3 Å². The lowest BCUT2D eigenvalue weighted by Gasteiger charge is -2.13. The first-order chi connectivity index (χ1) is 33.5. The predicted molar refractivity (Wildman–Crippen MR) is 273 cm³/mol. The molecule has 3 atom stereocenters. The molecule has 3 N–H and O–H groups in total. The third-order valence-electron chi connectivity index (χ3n) is 12.9. The van der Waals surface area contributed by atoms with Gasteiger partial charge in [0.25, 0.3) is 0 Å². The Morgan fingerprint density at radius 1 is 0.522 bits per heavy atom. The summed E-state index contributed by atoms with van der Waals surface area (Å²) in [6.07, 6.45) is 20.2. The minimum absolute atomic E-state index is 0.0305. The number of carboxylic acids is 1. The summed E-state index contributed by atoms with van der Waals surface area (Å²) in [5.41, 5.74) is 2.85. The maximum absolute atomic E-state index is 11.5. The summed E-state index contributed by atoms with van der Waals surface area (Å²) in [5, 5.41) is 26.6. The number of benzene rings is 3. The van der Waals surface area contributed by atoms with Gasteiger partial charge in [0.05, 0.1) is 64.4 Å². The monoisotopic (exact) mass is 947 g/mol. The molecule has 3 aliphatic rings. The van der Waals surface area contributed by atoms with Crippen LogP contribution in [0.2, 0.25) is 0 Å². The van der Waals surface area contributed by atoms with Crippen LogP contribution in [0.3, 0.4) is 0 Å². The maximum atomic E-state index is 11.5. The quantitative estimate of drug-likeness (QED) is 0.0783. The number of methoxy groups -OCH3 is 2. The molecule has 0 bridgehead atoms. The lowest BCUT2D eigenvalue weighted by atomic mass is 9.96. The highest BCUT2D eigenvalue weighted by molar-refractivity contribution is 5.72. The lowest BCUT2D eigenvalue weighted by molar-refractivity contribution is -0.141. The van der Waals surface area contributed by atoms with Crippen LogP contribution < -0.4 is 9.47 Å². The zero-order valence-electron chi connectivity index (χ0n) is 41.9. The molecule has 0 radical (unpaired) electrons. The molecule has 3 aliphatic carbocycles. The third kappa shape index (κ3) is 23.8. The van der Waals surface area contributed by atoms with Gasteiger partial charge in [0.15, 0.2) is 0 Å². The van der Waals surface area contributed by atoms with Crippen molar-refractivity contribution in [3.05, 3.63) is 89.5 Å². The average Bonchev–Trinajstić information content (AvgIpc) is 4.19. The van der Waals surface area contributed by atoms with Crippen LogP contribution in [0.25, 0.3) is 0 Å². The van der Waals surface area contributed by atoms with Crippen molar-refractivity contribution in [3.63, 3.8) is 0 Å². The molecule has 3 saturated carbocycles. The lowest BCUT2D eigenvalue weighted by Crippen LogP contribution is -2.07. The van der Waals surface area contributed by atoms with Gasteiger partial charge in [0.1, 0.15) is 17.2 Å². The molecule has 0 heterocycles. The maximum Gasteiger partial charge on any atom is 0.307 e. The van der Waals surface area contributed by atoms with Crippen molar-refractivity contribution in [1.82, 2.24) is 0 Å². The number of aliphatic carboxylic acids is 1. The highest BCUT2D eigenvalue weighted by Crippen LogP contribution is 2.30. The van der Waals surface area contributed by atoms with E-state index in [9.17, 15) is 14.4 Å². The van der Waals surface area contributed by atoms with Crippen molar-refractivity contribution >= 4 is 17.9 Å². The smallest absolute Gasteiger partial charge is 0.307 e. The van der Waals surface area contributed by atoms with Gasteiger partial charge in [-0.2, -0.15) is 0 Å². The molecule has 6 rings (SSSR count). The number of phenolic OH excluding ortho intramolecular Hbond substituents is 1. The fraction of sp³-hybridized carbons (Fsp3) is 0.542. The van der Waals surface area contributed by atoms with Crippen LogP contribution in [0.4, 0.5) is 0 Å². The van der Waals surface area contributed by atoms with Gasteiger partial charge in [-0.05, 0) is 111 Å². The second kappa shape index (κ2) is 34.4. The van der Waals surface area contributed by atoms with E-state index in [4.69, 9.17) is 29.5 Å². The second-order valence-corrected chi connectivity index (χ2v) is 18.0. The number of aromatic hydroxyl groups is 1. The number of ether oxygens (including phenoxy) is 4. The molecule has 3 aromatic carbocycles. The molecule has 0 amide bonds. The Kier molecular flexibility index (Phi) is 28.6. The molecule has 3 fully saturated rings. The van der Waals surface area contributed by atoms with Gasteiger partial charge in [-0.3, -0.25) is 14.4 Å². The molecule has 10 heteroatoms. The molecule has 69 heavy (non-hydrogen) atoms. The fourth-order valence-corrected chi connectivity index (χ4v) is 9.02. The zero-order chi connectivity index (χ0) is 50.1. The summed E-state index contributed by atoms with van der Waals surface area (Å²) >= 11 is 0. The van der Waals surface area contributed by atoms with Gasteiger partial charge in [0.2, 0.25) is 0 Å². The number of phenols is 1. The van der Waals surface area contributed by atoms with Crippen molar-refractivity contribution in [2.45, 2.75) is 154 Å². The molecule has 0 aromatic heterocycles. The highest BCUT2D eigenvalue weighted by Gasteiger charge is 2.19. The Balaban J connectivity index is 0.000000256. The summed E-state index contributed by atoms with van der Waals surface area (Å²) in [7, 11) is 2.76. The van der Waals surface area contributed by atoms with Gasteiger partial charge < -0.3 is 34.3 Å². The Bertz CT molecular complexity index is 2090. The number of carboxylic acid groups (broad SMARTS) is 1. The van der Waals surface area contributed by atoms with Crippen LogP contribution in [0.15, 0.2) is 72.8 Å². The van der Waals surface area contributed by atoms with Crippen LogP contribution in [0.5, 0.6) is 17.2 Å². The molecular formula is C59H78O10.